The van der Waals surface area contributed by atoms with Crippen LogP contribution < -0.4 is 0 Å². The summed E-state index contributed by atoms with van der Waals surface area (Å²) in [5, 5.41) is 0. The molecule has 9 rings (SSSR count). The fourth-order valence-electron chi connectivity index (χ4n) is 6.67. The van der Waals surface area contributed by atoms with Gasteiger partial charge in [-0.1, -0.05) is 68.4 Å². The highest BCUT2D eigenvalue weighted by molar-refractivity contribution is 5.95. The van der Waals surface area contributed by atoms with Crippen LogP contribution in [0.4, 0.5) is 0 Å². The van der Waals surface area contributed by atoms with Crippen molar-refractivity contribution in [1.82, 2.24) is 27.9 Å². The van der Waals surface area contributed by atoms with E-state index in [-0.39, 0.29) is 0 Å². The van der Waals surface area contributed by atoms with Crippen molar-refractivity contribution in [1.29, 1.82) is 0 Å². The van der Waals surface area contributed by atoms with Gasteiger partial charge >= 0.3 is 0 Å². The minimum Gasteiger partial charge on any atom is -0.278 e. The number of para-hydroxylation sites is 6. The molecule has 0 bridgehead atoms. The molecule has 0 radical (unpaired) electrons. The molecule has 0 N–H and O–H groups in total. The Morgan fingerprint density at radius 2 is 1.02 bits per heavy atom. The molecule has 0 aliphatic carbocycles. The van der Waals surface area contributed by atoms with E-state index in [4.69, 9.17) is 11.3 Å². The molecule has 0 aliphatic rings. The van der Waals surface area contributed by atoms with E-state index in [1.165, 1.54) is 0 Å². The molecule has 0 spiro atoms. The van der Waals surface area contributed by atoms with Crippen LogP contribution >= 0.6 is 0 Å². The highest BCUT2D eigenvalue weighted by atomic mass is 15.2. The Morgan fingerprint density at radius 3 is 1.62 bits per heavy atom. The van der Waals surface area contributed by atoms with Crippen molar-refractivity contribution in [3.05, 3.63) is 120 Å². The lowest BCUT2D eigenvalue weighted by atomic mass is 10.0. The number of hydrogen-bond acceptors (Lipinski definition) is 2. The molecule has 0 saturated heterocycles. The molecule has 0 unspecified atom stereocenters. The third kappa shape index (κ3) is 2.98. The molecule has 0 aliphatic heterocycles. The van der Waals surface area contributed by atoms with E-state index in [2.05, 4.69) is 122 Å². The van der Waals surface area contributed by atoms with Gasteiger partial charge in [-0.2, -0.15) is 0 Å². The Hall–Kier alpha value is -5.36. The summed E-state index contributed by atoms with van der Waals surface area (Å²) in [6, 6.07) is 38.1. The quantitative estimate of drug-likeness (QED) is 0.223. The molecule has 9 aromatic rings. The third-order valence-corrected chi connectivity index (χ3v) is 8.55. The van der Waals surface area contributed by atoms with Crippen LogP contribution in [-0.4, -0.2) is 27.9 Å². The molecule has 0 atom stereocenters. The molecule has 202 valence electrons. The second kappa shape index (κ2) is 8.33. The van der Waals surface area contributed by atoms with Gasteiger partial charge in [-0.3, -0.25) is 17.9 Å². The highest BCUT2D eigenvalue weighted by Gasteiger charge is 2.21. The van der Waals surface area contributed by atoms with Crippen LogP contribution in [-0.2, 0) is 0 Å². The first kappa shape index (κ1) is 22.3. The molecule has 6 heteroatoms. The van der Waals surface area contributed by atoms with Crippen LogP contribution in [0.3, 0.4) is 0 Å². The second-order valence-electron chi connectivity index (χ2n) is 11.3. The lowest BCUT2D eigenvalue weighted by Gasteiger charge is -2.10. The van der Waals surface area contributed by atoms with Gasteiger partial charge < -0.3 is 0 Å². The van der Waals surface area contributed by atoms with Crippen molar-refractivity contribution in [2.24, 2.45) is 0 Å². The Kier molecular flexibility index (Phi) is 4.43. The van der Waals surface area contributed by atoms with Gasteiger partial charge in [-0.05, 0) is 78.5 Å². The maximum atomic E-state index is 8.79. The van der Waals surface area contributed by atoms with E-state index in [0.717, 1.165) is 78.2 Å². The summed E-state index contributed by atoms with van der Waals surface area (Å²) in [6.45, 7) is 5.96. The molecule has 4 heterocycles. The summed E-state index contributed by atoms with van der Waals surface area (Å²) >= 11 is 0. The molecule has 42 heavy (non-hydrogen) atoms. The standard InChI is InChI=1S/C36H28N6/c1-22(2)26-14-10-20-32-34(26)38-36-40(28-16-5-7-18-30(28)42(32)36)25-13-9-12-24(21-25)39-27-15-4-6-17-29(27)41-31-19-8-11-23(3)33(31)37-35(39)41/h4-22H,1-3H3/i22D. The van der Waals surface area contributed by atoms with E-state index in [1.807, 2.05) is 26.0 Å². The first-order chi connectivity index (χ1) is 20.9. The summed E-state index contributed by atoms with van der Waals surface area (Å²) in [7, 11) is 0. The van der Waals surface area contributed by atoms with Crippen molar-refractivity contribution in [2.75, 3.05) is 0 Å². The number of benzene rings is 5. The van der Waals surface area contributed by atoms with Crippen molar-refractivity contribution < 1.29 is 1.37 Å². The van der Waals surface area contributed by atoms with Gasteiger partial charge in [0.15, 0.2) is 0 Å². The fraction of sp³-hybridized carbons (Fsp3) is 0.111. The molecular formula is C36H28N6. The average Bonchev–Trinajstić information content (AvgIpc) is 3.73. The monoisotopic (exact) mass is 545 g/mol. The van der Waals surface area contributed by atoms with Crippen molar-refractivity contribution in [2.45, 2.75) is 26.7 Å². The van der Waals surface area contributed by atoms with Crippen LogP contribution in [0.1, 0.15) is 32.2 Å². The van der Waals surface area contributed by atoms with E-state index in [0.29, 0.717) is 0 Å². The Morgan fingerprint density at radius 1 is 0.548 bits per heavy atom. The summed E-state index contributed by atoms with van der Waals surface area (Å²) in [5.74, 6) is 0.945. The lowest BCUT2D eigenvalue weighted by Crippen LogP contribution is -2.00. The molecule has 5 aromatic carbocycles. The number of imidazole rings is 4. The van der Waals surface area contributed by atoms with Gasteiger partial charge in [0.05, 0.1) is 55.5 Å². The zero-order chi connectivity index (χ0) is 29.0. The number of rotatable bonds is 3. The van der Waals surface area contributed by atoms with Crippen LogP contribution in [0.5, 0.6) is 0 Å². The third-order valence-electron chi connectivity index (χ3n) is 8.55. The Bertz CT molecular complexity index is 2570. The van der Waals surface area contributed by atoms with Crippen molar-refractivity contribution in [3.63, 3.8) is 0 Å². The zero-order valence-electron chi connectivity index (χ0n) is 24.6. The van der Waals surface area contributed by atoms with Crippen LogP contribution in [0.2, 0.25) is 0 Å². The maximum Gasteiger partial charge on any atom is 0.220 e. The minimum atomic E-state index is -0.771. The second-order valence-corrected chi connectivity index (χ2v) is 11.3. The average molecular weight is 546 g/mol. The first-order valence-corrected chi connectivity index (χ1v) is 14.3. The number of aryl methyl sites for hydroxylation is 1. The molecular weight excluding hydrogens is 516 g/mol. The summed E-state index contributed by atoms with van der Waals surface area (Å²) in [4.78, 5) is 10.4. The van der Waals surface area contributed by atoms with E-state index in [9.17, 15) is 0 Å². The molecule has 6 nitrogen and oxygen atoms in total. The number of nitrogens with zero attached hydrogens (tertiary/aromatic N) is 6. The summed E-state index contributed by atoms with van der Waals surface area (Å²) in [5.41, 5.74) is 12.5. The number of hydrogen-bond donors (Lipinski definition) is 0. The van der Waals surface area contributed by atoms with E-state index < -0.39 is 5.89 Å². The van der Waals surface area contributed by atoms with Crippen molar-refractivity contribution in [3.8, 4) is 11.4 Å². The van der Waals surface area contributed by atoms with Gasteiger partial charge in [0.2, 0.25) is 11.6 Å². The molecule has 0 amide bonds. The number of aromatic nitrogens is 6. The number of fused-ring (bicyclic) bond motifs is 10. The molecule has 4 aromatic heterocycles. The highest BCUT2D eigenvalue weighted by Crippen LogP contribution is 2.34. The van der Waals surface area contributed by atoms with Crippen molar-refractivity contribution >= 4 is 55.7 Å². The minimum absolute atomic E-state index is 0.771. The normalized spacial score (nSPS) is 13.0. The lowest BCUT2D eigenvalue weighted by molar-refractivity contribution is 0.873. The van der Waals surface area contributed by atoms with E-state index >= 15 is 0 Å². The van der Waals surface area contributed by atoms with Gasteiger partial charge in [0.1, 0.15) is 0 Å². The van der Waals surface area contributed by atoms with Gasteiger partial charge in [-0.25, -0.2) is 9.97 Å². The van der Waals surface area contributed by atoms with Crippen LogP contribution in [0, 0.1) is 6.92 Å². The van der Waals surface area contributed by atoms with Gasteiger partial charge in [-0.15, -0.1) is 0 Å². The van der Waals surface area contributed by atoms with Gasteiger partial charge in [0, 0.05) is 1.37 Å². The van der Waals surface area contributed by atoms with Gasteiger partial charge in [0.25, 0.3) is 0 Å². The SMILES string of the molecule is [2H]C(C)(C)c1cccc2c1nc1n(-c3cccc(-n4c5ccccc5n5c6cccc(C)c6nc45)c3)c3ccccc3n21. The zero-order valence-corrected chi connectivity index (χ0v) is 23.6. The predicted molar refractivity (Wildman–Crippen MR) is 171 cm³/mol. The maximum absolute atomic E-state index is 8.79. The summed E-state index contributed by atoms with van der Waals surface area (Å²) in [6.07, 6.45) is 0. The smallest absolute Gasteiger partial charge is 0.220 e. The van der Waals surface area contributed by atoms with Crippen LogP contribution in [0.15, 0.2) is 109 Å². The Balaban J connectivity index is 1.36. The molecule has 0 fully saturated rings. The van der Waals surface area contributed by atoms with Crippen LogP contribution in [0.25, 0.3) is 67.1 Å². The summed E-state index contributed by atoms with van der Waals surface area (Å²) < 4.78 is 17.8. The topological polar surface area (TPSA) is 44.5 Å². The largest absolute Gasteiger partial charge is 0.278 e. The molecule has 0 saturated carbocycles. The fourth-order valence-corrected chi connectivity index (χ4v) is 6.67. The predicted octanol–water partition coefficient (Wildman–Crippen LogP) is 8.61. The first-order valence-electron chi connectivity index (χ1n) is 14.8. The Labute approximate surface area is 243 Å². The van der Waals surface area contributed by atoms with E-state index in [1.54, 1.807) is 0 Å².